The summed E-state index contributed by atoms with van der Waals surface area (Å²) in [6, 6.07) is 4.68. The third kappa shape index (κ3) is 3.69. The molecule has 1 N–H and O–H groups in total. The average Bonchev–Trinajstić information content (AvgIpc) is 3.42. The molecule has 4 heterocycles. The van der Waals surface area contributed by atoms with Crippen LogP contribution < -0.4 is 4.72 Å². The fraction of sp³-hybridized carbons (Fsp3) is 0.250. The Hall–Kier alpha value is -2.79. The Labute approximate surface area is 159 Å². The van der Waals surface area contributed by atoms with E-state index in [2.05, 4.69) is 19.8 Å². The number of nitrogens with zero attached hydrogens (tertiary/aromatic N) is 4. The molecule has 1 saturated heterocycles. The van der Waals surface area contributed by atoms with Gasteiger partial charge in [0.1, 0.15) is 4.21 Å². The molecule has 0 saturated carbocycles. The number of nitrogens with one attached hydrogen (secondary N) is 1. The normalized spacial score (nSPS) is 14.4. The van der Waals surface area contributed by atoms with E-state index in [1.54, 1.807) is 28.6 Å². The molecule has 1 amide bonds. The van der Waals surface area contributed by atoms with Crippen molar-refractivity contribution in [2.75, 3.05) is 17.8 Å². The van der Waals surface area contributed by atoms with Crippen LogP contribution in [0.2, 0.25) is 0 Å². The standard InChI is InChI=1S/C16H15N5O4S2/c22-16(21-6-1-2-7-21)15-18-14(19-25-15)11-8-13(26-10-11)27(23,24)20-12-4-3-5-17-9-12/h3-5,8-10,20H,1-2,6-7H2. The van der Waals surface area contributed by atoms with Crippen LogP contribution in [0.3, 0.4) is 0 Å². The Morgan fingerprint density at radius 1 is 1.30 bits per heavy atom. The van der Waals surface area contributed by atoms with Gasteiger partial charge in [-0.15, -0.1) is 11.3 Å². The maximum absolute atomic E-state index is 12.5. The quantitative estimate of drug-likeness (QED) is 0.691. The van der Waals surface area contributed by atoms with Crippen molar-refractivity contribution in [2.45, 2.75) is 17.1 Å². The van der Waals surface area contributed by atoms with Crippen molar-refractivity contribution >= 4 is 33.0 Å². The second kappa shape index (κ2) is 7.08. The fourth-order valence-electron chi connectivity index (χ4n) is 2.69. The van der Waals surface area contributed by atoms with E-state index in [-0.39, 0.29) is 21.8 Å². The number of aromatic nitrogens is 3. The van der Waals surface area contributed by atoms with Gasteiger partial charge in [-0.25, -0.2) is 8.42 Å². The van der Waals surface area contributed by atoms with Crippen molar-refractivity contribution < 1.29 is 17.7 Å². The largest absolute Gasteiger partial charge is 0.334 e. The summed E-state index contributed by atoms with van der Waals surface area (Å²) in [6.07, 6.45) is 4.89. The summed E-state index contributed by atoms with van der Waals surface area (Å²) < 4.78 is 32.6. The molecule has 0 aromatic carbocycles. The van der Waals surface area contributed by atoms with Crippen molar-refractivity contribution in [2.24, 2.45) is 0 Å². The minimum atomic E-state index is -3.76. The fourth-order valence-corrected chi connectivity index (χ4v) is 4.89. The number of hydrogen-bond donors (Lipinski definition) is 1. The summed E-state index contributed by atoms with van der Waals surface area (Å²) in [5.41, 5.74) is 0.835. The van der Waals surface area contributed by atoms with Crippen LogP contribution in [0.1, 0.15) is 23.5 Å². The van der Waals surface area contributed by atoms with Gasteiger partial charge in [-0.1, -0.05) is 5.16 Å². The van der Waals surface area contributed by atoms with E-state index in [0.717, 1.165) is 24.2 Å². The first-order valence-corrected chi connectivity index (χ1v) is 10.5. The van der Waals surface area contributed by atoms with Crippen LogP contribution in [0.25, 0.3) is 11.4 Å². The van der Waals surface area contributed by atoms with Crippen LogP contribution in [0, 0.1) is 0 Å². The zero-order valence-corrected chi connectivity index (χ0v) is 15.7. The van der Waals surface area contributed by atoms with Crippen molar-refractivity contribution in [3.05, 3.63) is 41.9 Å². The molecule has 0 atom stereocenters. The number of hydrogen-bond acceptors (Lipinski definition) is 8. The van der Waals surface area contributed by atoms with Gasteiger partial charge in [0, 0.05) is 30.2 Å². The predicted octanol–water partition coefficient (Wildman–Crippen LogP) is 2.23. The average molecular weight is 405 g/mol. The van der Waals surface area contributed by atoms with Gasteiger partial charge in [-0.3, -0.25) is 14.5 Å². The Balaban J connectivity index is 1.53. The molecular formula is C16H15N5O4S2. The summed E-state index contributed by atoms with van der Waals surface area (Å²) in [7, 11) is -3.76. The molecule has 27 heavy (non-hydrogen) atoms. The Bertz CT molecular complexity index is 1060. The van der Waals surface area contributed by atoms with E-state index in [9.17, 15) is 13.2 Å². The Morgan fingerprint density at radius 3 is 2.85 bits per heavy atom. The molecule has 3 aromatic rings. The third-order valence-corrected chi connectivity index (χ3v) is 6.84. The van der Waals surface area contributed by atoms with Gasteiger partial charge in [0.15, 0.2) is 0 Å². The molecule has 3 aromatic heterocycles. The molecule has 0 aliphatic carbocycles. The van der Waals surface area contributed by atoms with Gasteiger partial charge in [-0.2, -0.15) is 4.98 Å². The van der Waals surface area contributed by atoms with Crippen molar-refractivity contribution in [3.63, 3.8) is 0 Å². The number of amides is 1. The van der Waals surface area contributed by atoms with Crippen LogP contribution in [0.15, 0.2) is 44.7 Å². The molecule has 140 valence electrons. The molecule has 0 radical (unpaired) electrons. The Kier molecular flexibility index (Phi) is 4.62. The van der Waals surface area contributed by atoms with E-state index >= 15 is 0 Å². The van der Waals surface area contributed by atoms with Gasteiger partial charge >= 0.3 is 11.8 Å². The van der Waals surface area contributed by atoms with Crippen molar-refractivity contribution in [1.29, 1.82) is 0 Å². The maximum Gasteiger partial charge on any atom is 0.316 e. The van der Waals surface area contributed by atoms with Gasteiger partial charge in [0.2, 0.25) is 5.82 Å². The molecule has 9 nitrogen and oxygen atoms in total. The van der Waals surface area contributed by atoms with Crippen LogP contribution in [-0.2, 0) is 10.0 Å². The van der Waals surface area contributed by atoms with Crippen LogP contribution in [0.4, 0.5) is 5.69 Å². The second-order valence-electron chi connectivity index (χ2n) is 5.92. The van der Waals surface area contributed by atoms with Crippen LogP contribution >= 0.6 is 11.3 Å². The Morgan fingerprint density at radius 2 is 2.11 bits per heavy atom. The number of likely N-dealkylation sites (tertiary alicyclic amines) is 1. The number of pyridine rings is 1. The molecular weight excluding hydrogens is 390 g/mol. The topological polar surface area (TPSA) is 118 Å². The predicted molar refractivity (Wildman–Crippen MR) is 97.8 cm³/mol. The highest BCUT2D eigenvalue weighted by Crippen LogP contribution is 2.28. The molecule has 1 aliphatic rings. The molecule has 1 aliphatic heterocycles. The van der Waals surface area contributed by atoms with Gasteiger partial charge in [-0.05, 0) is 31.0 Å². The highest BCUT2D eigenvalue weighted by molar-refractivity contribution is 7.94. The lowest BCUT2D eigenvalue weighted by molar-refractivity contribution is 0.0743. The van der Waals surface area contributed by atoms with E-state index < -0.39 is 10.0 Å². The lowest BCUT2D eigenvalue weighted by Crippen LogP contribution is -2.27. The molecule has 0 unspecified atom stereocenters. The van der Waals surface area contributed by atoms with Gasteiger partial charge in [0.25, 0.3) is 10.0 Å². The maximum atomic E-state index is 12.5. The number of rotatable bonds is 5. The molecule has 4 rings (SSSR count). The summed E-state index contributed by atoms with van der Waals surface area (Å²) >= 11 is 1.03. The van der Waals surface area contributed by atoms with E-state index in [1.807, 2.05) is 0 Å². The summed E-state index contributed by atoms with van der Waals surface area (Å²) in [5.74, 6) is -0.208. The van der Waals surface area contributed by atoms with Gasteiger partial charge in [0.05, 0.1) is 11.9 Å². The first-order chi connectivity index (χ1) is 13.0. The SMILES string of the molecule is O=C(c1nc(-c2csc(S(=O)(=O)Nc3cccnc3)c2)no1)N1CCCC1. The first-order valence-electron chi connectivity index (χ1n) is 8.18. The summed E-state index contributed by atoms with van der Waals surface area (Å²) in [6.45, 7) is 1.36. The van der Waals surface area contributed by atoms with E-state index in [1.165, 1.54) is 12.3 Å². The number of carbonyl (C=O) groups excluding carboxylic acids is 1. The van der Waals surface area contributed by atoms with Crippen LogP contribution in [-0.4, -0.2) is 47.4 Å². The highest BCUT2D eigenvalue weighted by atomic mass is 32.2. The summed E-state index contributed by atoms with van der Waals surface area (Å²) in [5, 5.41) is 5.41. The third-order valence-electron chi connectivity index (χ3n) is 4.01. The molecule has 0 spiro atoms. The lowest BCUT2D eigenvalue weighted by atomic mass is 10.3. The van der Waals surface area contributed by atoms with Gasteiger partial charge < -0.3 is 9.42 Å². The van der Waals surface area contributed by atoms with Crippen molar-refractivity contribution in [1.82, 2.24) is 20.0 Å². The number of carbonyl (C=O) groups is 1. The molecule has 1 fully saturated rings. The number of thiophene rings is 1. The smallest absolute Gasteiger partial charge is 0.316 e. The highest BCUT2D eigenvalue weighted by Gasteiger charge is 2.26. The minimum absolute atomic E-state index is 0.0870. The lowest BCUT2D eigenvalue weighted by Gasteiger charge is -2.10. The molecule has 11 heteroatoms. The number of anilines is 1. The second-order valence-corrected chi connectivity index (χ2v) is 8.74. The minimum Gasteiger partial charge on any atom is -0.334 e. The number of sulfonamides is 1. The first kappa shape index (κ1) is 17.6. The van der Waals surface area contributed by atoms with Crippen LogP contribution in [0.5, 0.6) is 0 Å². The van der Waals surface area contributed by atoms with E-state index in [4.69, 9.17) is 4.52 Å². The van der Waals surface area contributed by atoms with Crippen molar-refractivity contribution in [3.8, 4) is 11.4 Å². The zero-order valence-electron chi connectivity index (χ0n) is 14.0. The zero-order chi connectivity index (χ0) is 18.9. The van der Waals surface area contributed by atoms with E-state index in [0.29, 0.717) is 24.3 Å². The molecule has 0 bridgehead atoms. The monoisotopic (exact) mass is 405 g/mol. The summed E-state index contributed by atoms with van der Waals surface area (Å²) in [4.78, 5) is 21.9.